The van der Waals surface area contributed by atoms with Gasteiger partial charge in [-0.15, -0.1) is 0 Å². The van der Waals surface area contributed by atoms with Crippen molar-refractivity contribution in [1.82, 2.24) is 0 Å². The first-order valence-corrected chi connectivity index (χ1v) is 6.29. The lowest BCUT2D eigenvalue weighted by Gasteiger charge is -2.18. The van der Waals surface area contributed by atoms with Crippen molar-refractivity contribution in [2.24, 2.45) is 17.8 Å². The van der Waals surface area contributed by atoms with Crippen LogP contribution in [0.2, 0.25) is 0 Å². The van der Waals surface area contributed by atoms with Crippen molar-refractivity contribution < 1.29 is 14.3 Å². The fourth-order valence-corrected chi connectivity index (χ4v) is 3.11. The van der Waals surface area contributed by atoms with Crippen molar-refractivity contribution in [1.29, 1.82) is 0 Å². The molecule has 2 bridgehead atoms. The van der Waals surface area contributed by atoms with Gasteiger partial charge in [0, 0.05) is 6.61 Å². The molecule has 4 atom stereocenters. The van der Waals surface area contributed by atoms with E-state index in [1.54, 1.807) is 0 Å². The zero-order valence-electron chi connectivity index (χ0n) is 9.43. The van der Waals surface area contributed by atoms with Crippen molar-refractivity contribution in [2.75, 3.05) is 13.2 Å². The van der Waals surface area contributed by atoms with Crippen LogP contribution >= 0.6 is 0 Å². The molecule has 2 fully saturated rings. The Morgan fingerprint density at radius 1 is 1.38 bits per heavy atom. The molecule has 1 saturated heterocycles. The van der Waals surface area contributed by atoms with Gasteiger partial charge in [-0.2, -0.15) is 0 Å². The van der Waals surface area contributed by atoms with Gasteiger partial charge in [0.2, 0.25) is 0 Å². The van der Waals surface area contributed by atoms with Gasteiger partial charge in [-0.05, 0) is 37.5 Å². The summed E-state index contributed by atoms with van der Waals surface area (Å²) in [5.41, 5.74) is 0. The van der Waals surface area contributed by atoms with Crippen molar-refractivity contribution in [3.63, 3.8) is 0 Å². The number of carbonyl (C=O) groups excluding carboxylic acids is 1. The summed E-state index contributed by atoms with van der Waals surface area (Å²) in [6.07, 6.45) is 8.85. The molecule has 1 saturated carbocycles. The summed E-state index contributed by atoms with van der Waals surface area (Å²) < 4.78 is 10.8. The van der Waals surface area contributed by atoms with Gasteiger partial charge in [0.05, 0.1) is 12.0 Å². The number of fused-ring (bicyclic) bond motifs is 2. The summed E-state index contributed by atoms with van der Waals surface area (Å²) in [6, 6.07) is 0. The van der Waals surface area contributed by atoms with Crippen molar-refractivity contribution in [3.05, 3.63) is 12.2 Å². The molecule has 16 heavy (non-hydrogen) atoms. The molecular weight excluding hydrogens is 204 g/mol. The monoisotopic (exact) mass is 222 g/mol. The summed E-state index contributed by atoms with van der Waals surface area (Å²) in [6.45, 7) is 1.27. The van der Waals surface area contributed by atoms with E-state index < -0.39 is 0 Å². The minimum Gasteiger partial charge on any atom is -0.463 e. The molecule has 0 amide bonds. The van der Waals surface area contributed by atoms with Crippen LogP contribution in [0.15, 0.2) is 12.2 Å². The van der Waals surface area contributed by atoms with E-state index in [1.165, 1.54) is 0 Å². The third-order valence-electron chi connectivity index (χ3n) is 4.02. The van der Waals surface area contributed by atoms with E-state index in [4.69, 9.17) is 9.47 Å². The first kappa shape index (κ1) is 10.3. The molecule has 0 N–H and O–H groups in total. The standard InChI is InChI=1S/C13H18O3/c14-13(16-8-11-2-1-5-15-11)12-7-9-3-4-10(12)6-9/h3-4,9-12H,1-2,5-8H2/t9-,10-,11-,12+/m1/s1. The second kappa shape index (κ2) is 4.21. The zero-order chi connectivity index (χ0) is 11.0. The predicted molar refractivity (Wildman–Crippen MR) is 58.8 cm³/mol. The first-order chi connectivity index (χ1) is 7.83. The molecule has 1 aliphatic heterocycles. The first-order valence-electron chi connectivity index (χ1n) is 6.29. The number of rotatable bonds is 3. The lowest BCUT2D eigenvalue weighted by molar-refractivity contribution is -0.152. The van der Waals surface area contributed by atoms with E-state index in [-0.39, 0.29) is 18.0 Å². The topological polar surface area (TPSA) is 35.5 Å². The van der Waals surface area contributed by atoms with E-state index in [0.29, 0.717) is 18.4 Å². The molecule has 1 heterocycles. The van der Waals surface area contributed by atoms with Crippen LogP contribution in [0.4, 0.5) is 0 Å². The normalized spacial score (nSPS) is 40.5. The van der Waals surface area contributed by atoms with Gasteiger partial charge in [0.25, 0.3) is 0 Å². The summed E-state index contributed by atoms with van der Waals surface area (Å²) in [7, 11) is 0. The molecule has 3 nitrogen and oxygen atoms in total. The molecule has 0 radical (unpaired) electrons. The quantitative estimate of drug-likeness (QED) is 0.540. The highest BCUT2D eigenvalue weighted by Crippen LogP contribution is 2.43. The molecule has 0 aromatic carbocycles. The van der Waals surface area contributed by atoms with Crippen LogP contribution < -0.4 is 0 Å². The smallest absolute Gasteiger partial charge is 0.309 e. The minimum absolute atomic E-state index is 0.00708. The minimum atomic E-state index is -0.00708. The molecule has 88 valence electrons. The highest BCUT2D eigenvalue weighted by Gasteiger charge is 2.40. The average molecular weight is 222 g/mol. The second-order valence-corrected chi connectivity index (χ2v) is 5.15. The van der Waals surface area contributed by atoms with Crippen LogP contribution in [0.1, 0.15) is 25.7 Å². The van der Waals surface area contributed by atoms with Crippen molar-refractivity contribution in [3.8, 4) is 0 Å². The third kappa shape index (κ3) is 1.88. The Balaban J connectivity index is 1.48. The van der Waals surface area contributed by atoms with Crippen LogP contribution in [0.25, 0.3) is 0 Å². The van der Waals surface area contributed by atoms with Gasteiger partial charge in [-0.25, -0.2) is 0 Å². The number of esters is 1. The van der Waals surface area contributed by atoms with Gasteiger partial charge >= 0.3 is 5.97 Å². The number of carbonyl (C=O) groups is 1. The van der Waals surface area contributed by atoms with E-state index in [2.05, 4.69) is 12.2 Å². The van der Waals surface area contributed by atoms with Crippen LogP contribution in [0.3, 0.4) is 0 Å². The Kier molecular flexibility index (Phi) is 2.72. The van der Waals surface area contributed by atoms with Gasteiger partial charge in [0.1, 0.15) is 6.61 Å². The van der Waals surface area contributed by atoms with Gasteiger partial charge in [-0.3, -0.25) is 4.79 Å². The number of hydrogen-bond acceptors (Lipinski definition) is 3. The molecule has 2 aliphatic carbocycles. The Labute approximate surface area is 95.8 Å². The Morgan fingerprint density at radius 2 is 2.31 bits per heavy atom. The molecular formula is C13H18O3. The summed E-state index contributed by atoms with van der Waals surface area (Å²) in [5, 5.41) is 0. The molecule has 0 aromatic heterocycles. The number of allylic oxidation sites excluding steroid dienone is 2. The maximum atomic E-state index is 11.9. The summed E-state index contributed by atoms with van der Waals surface area (Å²) >= 11 is 0. The average Bonchev–Trinajstić information content (AvgIpc) is 3.01. The maximum Gasteiger partial charge on any atom is 0.309 e. The third-order valence-corrected chi connectivity index (χ3v) is 4.02. The Morgan fingerprint density at radius 3 is 2.94 bits per heavy atom. The van der Waals surface area contributed by atoms with Gasteiger partial charge in [-0.1, -0.05) is 12.2 Å². The SMILES string of the molecule is O=C(OC[C@H]1CCCO1)[C@H]1C[C@@H]2C=C[C@@H]1C2. The van der Waals surface area contributed by atoms with Crippen LogP contribution in [-0.2, 0) is 14.3 Å². The second-order valence-electron chi connectivity index (χ2n) is 5.15. The lowest BCUT2D eigenvalue weighted by atomic mass is 9.94. The zero-order valence-corrected chi connectivity index (χ0v) is 9.43. The molecule has 3 rings (SSSR count). The van der Waals surface area contributed by atoms with E-state index >= 15 is 0 Å². The van der Waals surface area contributed by atoms with Crippen molar-refractivity contribution >= 4 is 5.97 Å². The molecule has 0 spiro atoms. The summed E-state index contributed by atoms with van der Waals surface area (Å²) in [4.78, 5) is 11.9. The van der Waals surface area contributed by atoms with E-state index in [0.717, 1.165) is 32.3 Å². The lowest BCUT2D eigenvalue weighted by Crippen LogP contribution is -2.25. The van der Waals surface area contributed by atoms with Gasteiger partial charge in [0.15, 0.2) is 0 Å². The van der Waals surface area contributed by atoms with E-state index in [9.17, 15) is 4.79 Å². The van der Waals surface area contributed by atoms with Crippen molar-refractivity contribution in [2.45, 2.75) is 31.8 Å². The van der Waals surface area contributed by atoms with Crippen LogP contribution in [-0.4, -0.2) is 25.3 Å². The predicted octanol–water partition coefficient (Wildman–Crippen LogP) is 1.92. The Bertz CT molecular complexity index is 304. The fourth-order valence-electron chi connectivity index (χ4n) is 3.11. The molecule has 3 heteroatoms. The number of ether oxygens (including phenoxy) is 2. The molecule has 0 aromatic rings. The van der Waals surface area contributed by atoms with Crippen LogP contribution in [0.5, 0.6) is 0 Å². The van der Waals surface area contributed by atoms with E-state index in [1.807, 2.05) is 0 Å². The largest absolute Gasteiger partial charge is 0.463 e. The van der Waals surface area contributed by atoms with Gasteiger partial charge < -0.3 is 9.47 Å². The number of hydrogen-bond donors (Lipinski definition) is 0. The Hall–Kier alpha value is -0.830. The molecule has 0 unspecified atom stereocenters. The maximum absolute atomic E-state index is 11.9. The highest BCUT2D eigenvalue weighted by molar-refractivity contribution is 5.74. The fraction of sp³-hybridized carbons (Fsp3) is 0.769. The van der Waals surface area contributed by atoms with Crippen LogP contribution in [0, 0.1) is 17.8 Å². The summed E-state index contributed by atoms with van der Waals surface area (Å²) in [5.74, 6) is 1.19. The molecule has 3 aliphatic rings. The highest BCUT2D eigenvalue weighted by atomic mass is 16.6.